The van der Waals surface area contributed by atoms with Crippen molar-refractivity contribution in [2.45, 2.75) is 11.3 Å². The molecule has 0 aromatic heterocycles. The fourth-order valence-electron chi connectivity index (χ4n) is 4.01. The number of sulfone groups is 1. The number of amidine groups is 1. The summed E-state index contributed by atoms with van der Waals surface area (Å²) in [6.45, 7) is 0.110. The van der Waals surface area contributed by atoms with Gasteiger partial charge in [0.05, 0.1) is 37.5 Å². The average molecular weight is 477 g/mol. The highest BCUT2D eigenvalue weighted by Gasteiger charge is 2.50. The van der Waals surface area contributed by atoms with Gasteiger partial charge in [0.25, 0.3) is 5.91 Å². The van der Waals surface area contributed by atoms with E-state index >= 15 is 0 Å². The SMILES string of the molecule is COc1ccc(OC)c(N2C(=NC(=O)c3ccc4c(c3)OCO4)S[C@H]3CS(=O)(=O)C[C@@H]32)c1. The van der Waals surface area contributed by atoms with E-state index in [0.717, 1.165) is 0 Å². The molecule has 2 fully saturated rings. The molecule has 2 aromatic carbocycles. The Morgan fingerprint density at radius 1 is 1.09 bits per heavy atom. The first-order chi connectivity index (χ1) is 15.4. The zero-order chi connectivity index (χ0) is 22.5. The van der Waals surface area contributed by atoms with Crippen LogP contribution in [-0.4, -0.2) is 63.3 Å². The maximum Gasteiger partial charge on any atom is 0.279 e. The van der Waals surface area contributed by atoms with E-state index in [1.54, 1.807) is 48.4 Å². The molecule has 0 N–H and O–H groups in total. The summed E-state index contributed by atoms with van der Waals surface area (Å²) in [5, 5.41) is 0.184. The van der Waals surface area contributed by atoms with Gasteiger partial charge in [-0.2, -0.15) is 4.99 Å². The molecule has 11 heteroatoms. The molecule has 2 aromatic rings. The Balaban J connectivity index is 1.56. The third kappa shape index (κ3) is 3.65. The van der Waals surface area contributed by atoms with E-state index in [-0.39, 0.29) is 29.6 Å². The quantitative estimate of drug-likeness (QED) is 0.658. The van der Waals surface area contributed by atoms with Crippen molar-refractivity contribution in [1.29, 1.82) is 0 Å². The Kier molecular flexibility index (Phi) is 5.17. The van der Waals surface area contributed by atoms with Crippen molar-refractivity contribution in [1.82, 2.24) is 0 Å². The molecule has 5 rings (SSSR count). The lowest BCUT2D eigenvalue weighted by molar-refractivity contribution is 0.100. The number of methoxy groups -OCH3 is 2. The molecule has 0 unspecified atom stereocenters. The van der Waals surface area contributed by atoms with Crippen molar-refractivity contribution < 1.29 is 32.2 Å². The van der Waals surface area contributed by atoms with Crippen LogP contribution in [0.1, 0.15) is 10.4 Å². The summed E-state index contributed by atoms with van der Waals surface area (Å²) in [6.07, 6.45) is 0. The lowest BCUT2D eigenvalue weighted by Crippen LogP contribution is -2.38. The van der Waals surface area contributed by atoms with Crippen molar-refractivity contribution in [3.63, 3.8) is 0 Å². The van der Waals surface area contributed by atoms with Gasteiger partial charge in [-0.3, -0.25) is 4.79 Å². The van der Waals surface area contributed by atoms with Gasteiger partial charge in [0.1, 0.15) is 11.5 Å². The lowest BCUT2D eigenvalue weighted by atomic mass is 10.1. The van der Waals surface area contributed by atoms with Crippen LogP contribution in [0.4, 0.5) is 5.69 Å². The van der Waals surface area contributed by atoms with Gasteiger partial charge in [-0.05, 0) is 30.3 Å². The van der Waals surface area contributed by atoms with Crippen LogP contribution in [0.5, 0.6) is 23.0 Å². The summed E-state index contributed by atoms with van der Waals surface area (Å²) in [5.74, 6) is 1.72. The van der Waals surface area contributed by atoms with Crippen molar-refractivity contribution in [2.24, 2.45) is 4.99 Å². The maximum absolute atomic E-state index is 13.0. The Morgan fingerprint density at radius 2 is 1.91 bits per heavy atom. The van der Waals surface area contributed by atoms with Crippen LogP contribution in [0.25, 0.3) is 0 Å². The predicted molar refractivity (Wildman–Crippen MR) is 120 cm³/mol. The fraction of sp³-hybridized carbons (Fsp3) is 0.333. The molecular formula is C21H20N2O7S2. The van der Waals surface area contributed by atoms with Gasteiger partial charge in [-0.1, -0.05) is 11.8 Å². The van der Waals surface area contributed by atoms with E-state index < -0.39 is 15.7 Å². The number of carbonyl (C=O) groups is 1. The molecule has 0 aliphatic carbocycles. The van der Waals surface area contributed by atoms with E-state index in [2.05, 4.69) is 4.99 Å². The second kappa shape index (κ2) is 7.89. The minimum absolute atomic E-state index is 0.0255. The van der Waals surface area contributed by atoms with Crippen LogP contribution < -0.4 is 23.8 Å². The molecule has 3 aliphatic rings. The monoisotopic (exact) mass is 476 g/mol. The molecule has 1 amide bonds. The highest BCUT2D eigenvalue weighted by atomic mass is 32.2. The number of thioether (sulfide) groups is 1. The van der Waals surface area contributed by atoms with Crippen LogP contribution in [0.3, 0.4) is 0 Å². The van der Waals surface area contributed by atoms with Gasteiger partial charge < -0.3 is 23.8 Å². The average Bonchev–Trinajstić information content (AvgIpc) is 3.44. The number of hydrogen-bond donors (Lipinski definition) is 0. The number of ether oxygens (including phenoxy) is 4. The van der Waals surface area contributed by atoms with E-state index in [1.165, 1.54) is 18.9 Å². The van der Waals surface area contributed by atoms with Crippen molar-refractivity contribution in [2.75, 3.05) is 37.4 Å². The Bertz CT molecular complexity index is 1230. The summed E-state index contributed by atoms with van der Waals surface area (Å²) in [4.78, 5) is 19.2. The smallest absolute Gasteiger partial charge is 0.279 e. The first-order valence-electron chi connectivity index (χ1n) is 9.79. The first kappa shape index (κ1) is 21.0. The van der Waals surface area contributed by atoms with E-state index in [1.807, 2.05) is 0 Å². The largest absolute Gasteiger partial charge is 0.497 e. The third-order valence-corrected chi connectivity index (χ3v) is 8.74. The summed E-state index contributed by atoms with van der Waals surface area (Å²) in [7, 11) is -0.117. The van der Waals surface area contributed by atoms with Gasteiger partial charge in [-0.15, -0.1) is 0 Å². The number of nitrogens with zero attached hydrogens (tertiary/aromatic N) is 2. The maximum atomic E-state index is 13.0. The van der Waals surface area contributed by atoms with Crippen molar-refractivity contribution >= 4 is 38.4 Å². The molecule has 0 radical (unpaired) electrons. The molecule has 3 heterocycles. The molecule has 0 spiro atoms. The summed E-state index contributed by atoms with van der Waals surface area (Å²) >= 11 is 1.29. The van der Waals surface area contributed by atoms with Crippen LogP contribution in [0.15, 0.2) is 41.4 Å². The number of carbonyl (C=O) groups excluding carboxylic acids is 1. The number of hydrogen-bond acceptors (Lipinski definition) is 8. The Morgan fingerprint density at radius 3 is 2.69 bits per heavy atom. The molecule has 168 valence electrons. The number of benzene rings is 2. The fourth-order valence-corrected chi connectivity index (χ4v) is 7.92. The van der Waals surface area contributed by atoms with Crippen molar-refractivity contribution in [3.8, 4) is 23.0 Å². The number of rotatable bonds is 4. The lowest BCUT2D eigenvalue weighted by Gasteiger charge is -2.26. The van der Waals surface area contributed by atoms with E-state index in [0.29, 0.717) is 39.4 Å². The second-order valence-electron chi connectivity index (χ2n) is 7.48. The molecule has 0 bridgehead atoms. The van der Waals surface area contributed by atoms with E-state index in [9.17, 15) is 13.2 Å². The summed E-state index contributed by atoms with van der Waals surface area (Å²) in [5.41, 5.74) is 0.950. The summed E-state index contributed by atoms with van der Waals surface area (Å²) < 4.78 is 46.2. The standard InChI is InChI=1S/C21H20N2O7S2/c1-27-13-4-6-16(28-2)14(8-13)23-15-9-32(25,26)10-19(15)31-21(23)22-20(24)12-3-5-17-18(7-12)30-11-29-17/h3-8,15,19H,9-11H2,1-2H3/t15-,19-/m0/s1. The normalized spacial score (nSPS) is 23.9. The molecular weight excluding hydrogens is 456 g/mol. The number of anilines is 1. The molecule has 3 aliphatic heterocycles. The van der Waals surface area contributed by atoms with E-state index in [4.69, 9.17) is 18.9 Å². The zero-order valence-electron chi connectivity index (χ0n) is 17.3. The minimum Gasteiger partial charge on any atom is -0.497 e. The second-order valence-corrected chi connectivity index (χ2v) is 10.8. The summed E-state index contributed by atoms with van der Waals surface area (Å²) in [6, 6.07) is 9.77. The van der Waals surface area contributed by atoms with Crippen LogP contribution in [-0.2, 0) is 9.84 Å². The van der Waals surface area contributed by atoms with Crippen LogP contribution in [0.2, 0.25) is 0 Å². The molecule has 2 saturated heterocycles. The Labute approximate surface area is 189 Å². The van der Waals surface area contributed by atoms with Gasteiger partial charge >= 0.3 is 0 Å². The highest BCUT2D eigenvalue weighted by molar-refractivity contribution is 8.16. The molecule has 2 atom stereocenters. The minimum atomic E-state index is -3.20. The number of fused-ring (bicyclic) bond motifs is 2. The zero-order valence-corrected chi connectivity index (χ0v) is 18.9. The van der Waals surface area contributed by atoms with Gasteiger partial charge in [0.2, 0.25) is 6.79 Å². The molecule has 0 saturated carbocycles. The molecule has 9 nitrogen and oxygen atoms in total. The Hall–Kier alpha value is -2.92. The number of aliphatic imine (C=N–C) groups is 1. The van der Waals surface area contributed by atoms with Crippen LogP contribution in [0, 0.1) is 0 Å². The van der Waals surface area contributed by atoms with Crippen molar-refractivity contribution in [3.05, 3.63) is 42.0 Å². The highest BCUT2D eigenvalue weighted by Crippen LogP contribution is 2.45. The van der Waals surface area contributed by atoms with Gasteiger partial charge in [0.15, 0.2) is 26.5 Å². The topological polar surface area (TPSA) is 104 Å². The third-order valence-electron chi connectivity index (χ3n) is 5.53. The van der Waals surface area contributed by atoms with Gasteiger partial charge in [0, 0.05) is 16.9 Å². The number of amides is 1. The predicted octanol–water partition coefficient (Wildman–Crippen LogP) is 2.35. The van der Waals surface area contributed by atoms with Crippen LogP contribution >= 0.6 is 11.8 Å². The first-order valence-corrected chi connectivity index (χ1v) is 12.5. The molecule has 32 heavy (non-hydrogen) atoms. The van der Waals surface area contributed by atoms with Gasteiger partial charge in [-0.25, -0.2) is 8.42 Å².